The van der Waals surface area contributed by atoms with Crippen molar-refractivity contribution in [1.29, 1.82) is 0 Å². The summed E-state index contributed by atoms with van der Waals surface area (Å²) in [6.07, 6.45) is 13.0. The van der Waals surface area contributed by atoms with Gasteiger partial charge in [-0.3, -0.25) is 20.5 Å². The Kier molecular flexibility index (Phi) is 10.8. The van der Waals surface area contributed by atoms with Crippen LogP contribution in [0, 0.1) is 5.41 Å². The first-order valence-electron chi connectivity index (χ1n) is 14.7. The fraction of sp³-hybridized carbons (Fsp3) is 0.750. The summed E-state index contributed by atoms with van der Waals surface area (Å²) in [5, 5.41) is 14.8. The molecule has 6 rings (SSSR count). The number of piperidine rings is 1. The second kappa shape index (κ2) is 13.6. The Morgan fingerprint density at radius 3 is 2.36 bits per heavy atom. The largest absolute Gasteiger partial charge is 0.370 e. The number of fused-ring (bicyclic) bond motifs is 2. The molecule has 0 amide bonds. The van der Waals surface area contributed by atoms with Crippen molar-refractivity contribution in [2.45, 2.75) is 111 Å². The zero-order chi connectivity index (χ0) is 26.1. The van der Waals surface area contributed by atoms with Gasteiger partial charge in [0.15, 0.2) is 0 Å². The van der Waals surface area contributed by atoms with Gasteiger partial charge in [0.05, 0.1) is 11.4 Å². The van der Waals surface area contributed by atoms with Crippen LogP contribution in [0.1, 0.15) is 85.8 Å². The summed E-state index contributed by atoms with van der Waals surface area (Å²) in [6, 6.07) is 4.61. The lowest BCUT2D eigenvalue weighted by atomic mass is 9.74. The minimum Gasteiger partial charge on any atom is -0.370 e. The highest BCUT2D eigenvalue weighted by Gasteiger charge is 2.46. The number of hydrogen-bond acceptors (Lipinski definition) is 8. The quantitative estimate of drug-likeness (QED) is 0.420. The van der Waals surface area contributed by atoms with E-state index in [0.717, 1.165) is 38.3 Å². The number of rotatable bonds is 2. The lowest BCUT2D eigenvalue weighted by Crippen LogP contribution is -2.57. The maximum Gasteiger partial charge on any atom is 0.123 e. The molecular weight excluding hydrogens is 448 g/mol. The van der Waals surface area contributed by atoms with E-state index >= 15 is 0 Å². The van der Waals surface area contributed by atoms with Crippen LogP contribution in [-0.4, -0.2) is 54.2 Å². The van der Waals surface area contributed by atoms with Crippen LogP contribution in [0.3, 0.4) is 0 Å². The van der Waals surface area contributed by atoms with Gasteiger partial charge in [0.2, 0.25) is 0 Å². The van der Waals surface area contributed by atoms with E-state index in [9.17, 15) is 0 Å². The first-order valence-corrected chi connectivity index (χ1v) is 14.7. The van der Waals surface area contributed by atoms with Crippen molar-refractivity contribution in [2.24, 2.45) is 11.1 Å². The molecule has 4 unspecified atom stereocenters. The molecule has 8 nitrogen and oxygen atoms in total. The lowest BCUT2D eigenvalue weighted by molar-refractivity contribution is 0.0509. The van der Waals surface area contributed by atoms with Crippen molar-refractivity contribution in [3.8, 4) is 0 Å². The van der Waals surface area contributed by atoms with Crippen LogP contribution in [0.25, 0.3) is 0 Å². The standard InChI is InChI=1S/C22H34N8.3C2H6/c23-17-6-1-7-22(17)8-12-29(13-9-22)21-27-19-20(28-21)26-18(14-25-19)30-11-3-4-15-16(30)5-2-10-24-15;3*1-2/h2,5,10,14,17,19-21,25-28H,1,3-4,6-9,11-13,23H2;3*1-2H3. The summed E-state index contributed by atoms with van der Waals surface area (Å²) in [7, 11) is 0. The van der Waals surface area contributed by atoms with Crippen LogP contribution in [0.5, 0.6) is 0 Å². The van der Waals surface area contributed by atoms with Crippen molar-refractivity contribution < 1.29 is 0 Å². The second-order valence-electron chi connectivity index (χ2n) is 9.65. The third kappa shape index (κ3) is 5.82. The number of aromatic nitrogens is 1. The minimum atomic E-state index is 0.154. The Morgan fingerprint density at radius 1 is 0.944 bits per heavy atom. The number of nitrogens with zero attached hydrogens (tertiary/aromatic N) is 3. The Labute approximate surface area is 219 Å². The van der Waals surface area contributed by atoms with Gasteiger partial charge in [-0.15, -0.1) is 0 Å². The number of aryl methyl sites for hydroxylation is 1. The number of nitrogens with two attached hydrogens (primary N) is 1. The molecule has 1 aromatic heterocycles. The predicted molar refractivity (Wildman–Crippen MR) is 151 cm³/mol. The molecule has 6 N–H and O–H groups in total. The van der Waals surface area contributed by atoms with E-state index in [1.165, 1.54) is 43.5 Å². The maximum atomic E-state index is 6.47. The van der Waals surface area contributed by atoms with Gasteiger partial charge >= 0.3 is 0 Å². The van der Waals surface area contributed by atoms with E-state index < -0.39 is 0 Å². The molecule has 4 atom stereocenters. The number of anilines is 1. The van der Waals surface area contributed by atoms with Gasteiger partial charge in [-0.05, 0) is 56.1 Å². The summed E-state index contributed by atoms with van der Waals surface area (Å²) in [5.41, 5.74) is 9.29. The first kappa shape index (κ1) is 28.7. The van der Waals surface area contributed by atoms with Gasteiger partial charge in [0, 0.05) is 38.1 Å². The van der Waals surface area contributed by atoms with Crippen molar-refractivity contribution in [3.63, 3.8) is 0 Å². The highest BCUT2D eigenvalue weighted by atomic mass is 15.5. The summed E-state index contributed by atoms with van der Waals surface area (Å²) < 4.78 is 0. The molecule has 1 aliphatic carbocycles. The number of nitrogens with one attached hydrogen (secondary N) is 4. The highest BCUT2D eigenvalue weighted by Crippen LogP contribution is 2.45. The highest BCUT2D eigenvalue weighted by molar-refractivity contribution is 5.57. The van der Waals surface area contributed by atoms with E-state index in [2.05, 4.69) is 48.3 Å². The average Bonchev–Trinajstić information content (AvgIpc) is 3.55. The lowest BCUT2D eigenvalue weighted by Gasteiger charge is -2.44. The molecule has 1 aromatic rings. The van der Waals surface area contributed by atoms with Gasteiger partial charge in [-0.1, -0.05) is 48.0 Å². The van der Waals surface area contributed by atoms with Crippen LogP contribution >= 0.6 is 0 Å². The molecule has 5 aliphatic rings. The monoisotopic (exact) mass is 500 g/mol. The summed E-state index contributed by atoms with van der Waals surface area (Å²) in [5.74, 6) is 1.12. The second-order valence-corrected chi connectivity index (χ2v) is 9.65. The molecule has 4 aliphatic heterocycles. The van der Waals surface area contributed by atoms with Crippen LogP contribution in [-0.2, 0) is 6.42 Å². The van der Waals surface area contributed by atoms with Gasteiger partial charge in [-0.25, -0.2) is 0 Å². The summed E-state index contributed by atoms with van der Waals surface area (Å²) in [6.45, 7) is 15.2. The van der Waals surface area contributed by atoms with Crippen molar-refractivity contribution in [3.05, 3.63) is 36.0 Å². The van der Waals surface area contributed by atoms with Crippen molar-refractivity contribution in [2.75, 3.05) is 24.5 Å². The first-order chi connectivity index (χ1) is 17.7. The Morgan fingerprint density at radius 2 is 1.67 bits per heavy atom. The zero-order valence-electron chi connectivity index (χ0n) is 23.6. The molecule has 0 aromatic carbocycles. The molecular formula is C28H52N8. The summed E-state index contributed by atoms with van der Waals surface area (Å²) in [4.78, 5) is 9.49. The van der Waals surface area contributed by atoms with E-state index in [-0.39, 0.29) is 18.6 Å². The summed E-state index contributed by atoms with van der Waals surface area (Å²) >= 11 is 0. The normalized spacial score (nSPS) is 30.0. The van der Waals surface area contributed by atoms with Gasteiger partial charge in [0.1, 0.15) is 24.4 Å². The van der Waals surface area contributed by atoms with E-state index in [4.69, 9.17) is 5.73 Å². The molecule has 204 valence electrons. The molecule has 0 bridgehead atoms. The van der Waals surface area contributed by atoms with Gasteiger partial charge in [-0.2, -0.15) is 0 Å². The van der Waals surface area contributed by atoms with Crippen molar-refractivity contribution >= 4 is 5.69 Å². The fourth-order valence-corrected chi connectivity index (χ4v) is 6.24. The molecule has 1 saturated carbocycles. The SMILES string of the molecule is CC.CC.CC.NC1CCCC12CCN(C1NC3NC=C(N4CCCc5ncccc54)NC3N1)CC2. The topological polar surface area (TPSA) is 93.5 Å². The molecule has 8 heteroatoms. The molecule has 0 radical (unpaired) electrons. The third-order valence-corrected chi connectivity index (χ3v) is 8.09. The van der Waals surface area contributed by atoms with Crippen LogP contribution in [0.2, 0.25) is 0 Å². The van der Waals surface area contributed by atoms with Crippen LogP contribution in [0.4, 0.5) is 5.69 Å². The van der Waals surface area contributed by atoms with Crippen molar-refractivity contribution in [1.82, 2.24) is 31.2 Å². The Hall–Kier alpha value is -1.87. The number of pyridine rings is 1. The smallest absolute Gasteiger partial charge is 0.123 e. The molecule has 2 saturated heterocycles. The third-order valence-electron chi connectivity index (χ3n) is 8.09. The van der Waals surface area contributed by atoms with Crippen LogP contribution in [0.15, 0.2) is 30.4 Å². The minimum absolute atomic E-state index is 0.154. The fourth-order valence-electron chi connectivity index (χ4n) is 6.24. The van der Waals surface area contributed by atoms with E-state index in [0.29, 0.717) is 11.5 Å². The molecule has 1 spiro atoms. The Bertz CT molecular complexity index is 820. The molecule has 3 fully saturated rings. The van der Waals surface area contributed by atoms with E-state index in [1.807, 2.05) is 53.8 Å². The molecule has 5 heterocycles. The Balaban J connectivity index is 0.000000563. The number of hydrogen-bond donors (Lipinski definition) is 5. The maximum absolute atomic E-state index is 6.47. The number of likely N-dealkylation sites (tertiary alicyclic amines) is 1. The average molecular weight is 501 g/mol. The van der Waals surface area contributed by atoms with Gasteiger partial charge < -0.3 is 21.3 Å². The zero-order valence-corrected chi connectivity index (χ0v) is 23.6. The van der Waals surface area contributed by atoms with Gasteiger partial charge in [0.25, 0.3) is 0 Å². The molecule has 36 heavy (non-hydrogen) atoms. The van der Waals surface area contributed by atoms with E-state index in [1.54, 1.807) is 0 Å². The predicted octanol–water partition coefficient (Wildman–Crippen LogP) is 3.63. The van der Waals surface area contributed by atoms with Crippen LogP contribution < -0.4 is 31.9 Å².